The Hall–Kier alpha value is -2.77. The topological polar surface area (TPSA) is 64.7 Å². The molecule has 0 saturated heterocycles. The number of quaternary nitrogens is 1. The van der Waals surface area contributed by atoms with Gasteiger partial charge in [-0.1, -0.05) is 30.3 Å². The van der Waals surface area contributed by atoms with Crippen molar-refractivity contribution in [2.45, 2.75) is 6.04 Å². The predicted molar refractivity (Wildman–Crippen MR) is 136 cm³/mol. The van der Waals surface area contributed by atoms with E-state index < -0.39 is 6.04 Å². The zero-order valence-electron chi connectivity index (χ0n) is 18.4. The number of fused-ring (bicyclic) bond motifs is 1. The number of Topliss-reactive ketones (excluding diaryl/α,β-unsaturated/α-hetero) is 1. The van der Waals surface area contributed by atoms with Crippen LogP contribution in [0.2, 0.25) is 0 Å². The van der Waals surface area contributed by atoms with Crippen LogP contribution in [-0.4, -0.2) is 44.9 Å². The minimum Gasteiger partial charge on any atom is -0.497 e. The molecular weight excluding hydrogens is 464 g/mol. The summed E-state index contributed by atoms with van der Waals surface area (Å²) in [4.78, 5) is 18.4. The molecule has 8 heteroatoms. The molecule has 0 spiro atoms. The number of hydrogen-bond acceptors (Lipinski definition) is 4. The highest BCUT2D eigenvalue weighted by Crippen LogP contribution is 2.36. The normalized spacial score (nSPS) is 19.2. The van der Waals surface area contributed by atoms with E-state index in [-0.39, 0.29) is 54.1 Å². The first-order valence-corrected chi connectivity index (χ1v) is 10.1. The van der Waals surface area contributed by atoms with E-state index in [2.05, 4.69) is 0 Å². The minimum absolute atomic E-state index is 0. The van der Waals surface area contributed by atoms with Crippen LogP contribution in [0.5, 0.6) is 5.75 Å². The average Bonchev–Trinajstić information content (AvgIpc) is 2.94. The molecule has 1 aliphatic heterocycles. The molecule has 3 aromatic carbocycles. The second-order valence-corrected chi connectivity index (χ2v) is 7.78. The highest BCUT2D eigenvalue weighted by atomic mass is 35.5. The van der Waals surface area contributed by atoms with E-state index in [1.54, 1.807) is 19.2 Å². The van der Waals surface area contributed by atoms with Gasteiger partial charge in [0.25, 0.3) is 0 Å². The number of nitrogens with zero attached hydrogens (tertiary/aromatic N) is 2. The standard InChI is InChI=1S/C25H25FN3O2.2ClH/c1-29(16-27)22-14-20(31-2)12-13-21(22)24(17-8-10-19(26)11-9-17)28-15-23(29)25(30)18-6-4-3-5-7-18;;/h3-14,23H,15-16,27H2,1-2H3;2*1H/q+1;;. The molecule has 174 valence electrons. The fourth-order valence-electron chi connectivity index (χ4n) is 4.09. The molecule has 4 rings (SSSR count). The lowest BCUT2D eigenvalue weighted by atomic mass is 9.97. The number of halogens is 3. The summed E-state index contributed by atoms with van der Waals surface area (Å²) in [6.07, 6.45) is 0. The fourth-order valence-corrected chi connectivity index (χ4v) is 4.09. The SMILES string of the molecule is COc1ccc2c(c1)[N+](C)(CN)C(C(=O)c1ccccc1)CN=C2c1ccc(F)cc1.Cl.Cl. The van der Waals surface area contributed by atoms with Crippen molar-refractivity contribution >= 4 is 42.0 Å². The molecule has 0 saturated carbocycles. The Morgan fingerprint density at radius 1 is 1.09 bits per heavy atom. The second-order valence-electron chi connectivity index (χ2n) is 7.78. The van der Waals surface area contributed by atoms with Crippen LogP contribution in [0.15, 0.2) is 77.8 Å². The summed E-state index contributed by atoms with van der Waals surface area (Å²) in [6, 6.07) is 20.6. The van der Waals surface area contributed by atoms with Gasteiger partial charge in [-0.05, 0) is 36.4 Å². The number of ether oxygens (including phenoxy) is 1. The molecule has 0 aromatic heterocycles. The first-order chi connectivity index (χ1) is 15.0. The largest absolute Gasteiger partial charge is 0.497 e. The van der Waals surface area contributed by atoms with Crippen LogP contribution < -0.4 is 15.0 Å². The van der Waals surface area contributed by atoms with Crippen molar-refractivity contribution in [3.63, 3.8) is 0 Å². The molecule has 3 aromatic rings. The van der Waals surface area contributed by atoms with Crippen LogP contribution in [0.4, 0.5) is 10.1 Å². The van der Waals surface area contributed by atoms with Gasteiger partial charge < -0.3 is 4.74 Å². The molecule has 33 heavy (non-hydrogen) atoms. The predicted octanol–water partition coefficient (Wildman–Crippen LogP) is 4.63. The number of carbonyl (C=O) groups is 1. The Morgan fingerprint density at radius 3 is 2.36 bits per heavy atom. The molecule has 0 radical (unpaired) electrons. The maximum Gasteiger partial charge on any atom is 0.222 e. The maximum atomic E-state index is 13.6. The second kappa shape index (κ2) is 10.9. The van der Waals surface area contributed by atoms with E-state index in [4.69, 9.17) is 15.5 Å². The number of benzodiazepines with no additional fused rings is 1. The molecule has 0 aliphatic carbocycles. The summed E-state index contributed by atoms with van der Waals surface area (Å²) >= 11 is 0. The zero-order valence-corrected chi connectivity index (χ0v) is 20.0. The van der Waals surface area contributed by atoms with Gasteiger partial charge in [-0.3, -0.25) is 20.0 Å². The van der Waals surface area contributed by atoms with Crippen molar-refractivity contribution in [1.82, 2.24) is 4.48 Å². The smallest absolute Gasteiger partial charge is 0.222 e. The van der Waals surface area contributed by atoms with E-state index in [0.717, 1.165) is 16.8 Å². The Morgan fingerprint density at radius 2 is 1.76 bits per heavy atom. The van der Waals surface area contributed by atoms with Gasteiger partial charge in [-0.15, -0.1) is 24.8 Å². The van der Waals surface area contributed by atoms with Gasteiger partial charge in [0, 0.05) is 17.2 Å². The summed E-state index contributed by atoms with van der Waals surface area (Å²) < 4.78 is 19.2. The highest BCUT2D eigenvalue weighted by molar-refractivity contribution is 6.17. The molecular formula is C25H27Cl2FN3O2+. The number of benzene rings is 3. The summed E-state index contributed by atoms with van der Waals surface area (Å²) in [5.74, 6) is 0.335. The van der Waals surface area contributed by atoms with Crippen LogP contribution in [0, 0.1) is 5.82 Å². The lowest BCUT2D eigenvalue weighted by molar-refractivity contribution is 0.0867. The third-order valence-electron chi connectivity index (χ3n) is 5.98. The molecule has 2 atom stereocenters. The van der Waals surface area contributed by atoms with Gasteiger partial charge in [0.2, 0.25) is 5.78 Å². The fraction of sp³-hybridized carbons (Fsp3) is 0.200. The third-order valence-corrected chi connectivity index (χ3v) is 5.98. The first kappa shape index (κ1) is 26.5. The third kappa shape index (κ3) is 4.94. The van der Waals surface area contributed by atoms with Crippen LogP contribution in [0.3, 0.4) is 0 Å². The van der Waals surface area contributed by atoms with Gasteiger partial charge in [0.05, 0.1) is 32.0 Å². The van der Waals surface area contributed by atoms with Gasteiger partial charge in [0.1, 0.15) is 23.9 Å². The van der Waals surface area contributed by atoms with Gasteiger partial charge >= 0.3 is 0 Å². The number of methoxy groups -OCH3 is 1. The van der Waals surface area contributed by atoms with E-state index in [1.165, 1.54) is 12.1 Å². The van der Waals surface area contributed by atoms with E-state index >= 15 is 0 Å². The lowest BCUT2D eigenvalue weighted by Gasteiger charge is -2.38. The number of rotatable bonds is 5. The van der Waals surface area contributed by atoms with Crippen LogP contribution >= 0.6 is 24.8 Å². The summed E-state index contributed by atoms with van der Waals surface area (Å²) in [5.41, 5.74) is 10.1. The first-order valence-electron chi connectivity index (χ1n) is 10.1. The molecule has 1 aliphatic rings. The average molecular weight is 491 g/mol. The van der Waals surface area contributed by atoms with Crippen LogP contribution in [0.1, 0.15) is 21.5 Å². The molecule has 0 fully saturated rings. The van der Waals surface area contributed by atoms with E-state index in [0.29, 0.717) is 17.0 Å². The van der Waals surface area contributed by atoms with Gasteiger partial charge in [-0.25, -0.2) is 4.39 Å². The zero-order chi connectivity index (χ0) is 22.0. The number of likely N-dealkylation sites (N-methyl/N-ethyl adjacent to an activating group) is 1. The lowest BCUT2D eigenvalue weighted by Crippen LogP contribution is -2.61. The molecule has 1 heterocycles. The molecule has 0 amide bonds. The molecule has 5 nitrogen and oxygen atoms in total. The number of aliphatic imine (C=N–C) groups is 1. The van der Waals surface area contributed by atoms with Gasteiger partial charge in [-0.2, -0.15) is 0 Å². The molecule has 2 N–H and O–H groups in total. The molecule has 0 bridgehead atoms. The summed E-state index contributed by atoms with van der Waals surface area (Å²) in [5, 5.41) is 0. The van der Waals surface area contributed by atoms with Crippen LogP contribution in [0.25, 0.3) is 0 Å². The number of carbonyl (C=O) groups excluding carboxylic acids is 1. The Kier molecular flexibility index (Phi) is 8.75. The van der Waals surface area contributed by atoms with Crippen LogP contribution in [-0.2, 0) is 0 Å². The number of nitrogens with two attached hydrogens (primary N) is 1. The Labute approximate surface area is 205 Å². The Bertz CT molecular complexity index is 1140. The summed E-state index contributed by atoms with van der Waals surface area (Å²) in [6.45, 7) is 0.459. The maximum absolute atomic E-state index is 13.6. The van der Waals surface area contributed by atoms with Crippen molar-refractivity contribution in [1.29, 1.82) is 0 Å². The minimum atomic E-state index is -0.517. The van der Waals surface area contributed by atoms with E-state index in [1.807, 2.05) is 55.6 Å². The highest BCUT2D eigenvalue weighted by Gasteiger charge is 2.43. The summed E-state index contributed by atoms with van der Waals surface area (Å²) in [7, 11) is 3.56. The van der Waals surface area contributed by atoms with Crippen molar-refractivity contribution in [3.05, 3.63) is 95.3 Å². The van der Waals surface area contributed by atoms with Crippen molar-refractivity contribution in [2.24, 2.45) is 10.7 Å². The number of ketones is 1. The van der Waals surface area contributed by atoms with Crippen molar-refractivity contribution in [2.75, 3.05) is 27.4 Å². The quantitative estimate of drug-likeness (QED) is 0.418. The number of hydrogen-bond donors (Lipinski definition) is 1. The van der Waals surface area contributed by atoms with Gasteiger partial charge in [0.15, 0.2) is 6.04 Å². The van der Waals surface area contributed by atoms with Crippen molar-refractivity contribution < 1.29 is 13.9 Å². The molecule has 2 unspecified atom stereocenters. The Balaban J connectivity index is 0.00000193. The monoisotopic (exact) mass is 490 g/mol. The van der Waals surface area contributed by atoms with E-state index in [9.17, 15) is 9.18 Å². The van der Waals surface area contributed by atoms with Crippen molar-refractivity contribution in [3.8, 4) is 5.75 Å².